The van der Waals surface area contributed by atoms with Crippen LogP contribution in [0.3, 0.4) is 0 Å². The highest BCUT2D eigenvalue weighted by atomic mass is 16.7. The van der Waals surface area contributed by atoms with E-state index in [1.165, 1.54) is 6.92 Å². The highest BCUT2D eigenvalue weighted by molar-refractivity contribution is 5.70. The smallest absolute Gasteiger partial charge is 0.308 e. The fourth-order valence-electron chi connectivity index (χ4n) is 1.50. The van der Waals surface area contributed by atoms with Crippen molar-refractivity contribution in [2.45, 2.75) is 38.9 Å². The Morgan fingerprint density at radius 2 is 2.38 bits per heavy atom. The van der Waals surface area contributed by atoms with E-state index in [0.717, 1.165) is 12.0 Å². The van der Waals surface area contributed by atoms with Crippen molar-refractivity contribution in [1.82, 2.24) is 0 Å². The van der Waals surface area contributed by atoms with E-state index in [9.17, 15) is 9.90 Å². The number of allylic oxidation sites excluding steroid dienone is 1. The third-order valence-electron chi connectivity index (χ3n) is 2.40. The number of carbonyl (C=O) groups excluding carboxylic acids is 1. The van der Waals surface area contributed by atoms with Gasteiger partial charge in [0.25, 0.3) is 0 Å². The molecule has 1 aliphatic rings. The second-order valence-corrected chi connectivity index (χ2v) is 3.94. The minimum atomic E-state index is -1.29. The summed E-state index contributed by atoms with van der Waals surface area (Å²) in [5.41, 5.74) is 0.981. The number of hydrogen-bond acceptors (Lipinski definition) is 3. The molecule has 74 valence electrons. The standard InChI is InChI=1S/C10H16O3/c1-7(2)8-4-5-10(3,12)13-9(11)6-8/h8,12H,1,4-6H2,2-3H3. The van der Waals surface area contributed by atoms with E-state index in [0.29, 0.717) is 12.8 Å². The van der Waals surface area contributed by atoms with Gasteiger partial charge in [-0.25, -0.2) is 0 Å². The van der Waals surface area contributed by atoms with Crippen LogP contribution >= 0.6 is 0 Å². The van der Waals surface area contributed by atoms with Crippen LogP contribution in [-0.4, -0.2) is 16.9 Å². The Kier molecular flexibility index (Phi) is 2.76. The summed E-state index contributed by atoms with van der Waals surface area (Å²) in [4.78, 5) is 11.2. The predicted octanol–water partition coefficient (Wildman–Crippen LogP) is 1.61. The zero-order valence-electron chi connectivity index (χ0n) is 8.17. The maximum atomic E-state index is 11.2. The number of hydrogen-bond donors (Lipinski definition) is 1. The van der Waals surface area contributed by atoms with E-state index >= 15 is 0 Å². The SMILES string of the molecule is C=C(C)C1CCC(C)(O)OC(=O)C1. The van der Waals surface area contributed by atoms with Gasteiger partial charge in [0.05, 0.1) is 6.42 Å². The van der Waals surface area contributed by atoms with Gasteiger partial charge < -0.3 is 9.84 Å². The molecule has 1 aliphatic heterocycles. The van der Waals surface area contributed by atoms with Crippen molar-refractivity contribution in [3.63, 3.8) is 0 Å². The highest BCUT2D eigenvalue weighted by Crippen LogP contribution is 2.29. The maximum Gasteiger partial charge on any atom is 0.308 e. The maximum absolute atomic E-state index is 11.2. The first kappa shape index (κ1) is 10.3. The van der Waals surface area contributed by atoms with Gasteiger partial charge in [0.2, 0.25) is 5.79 Å². The van der Waals surface area contributed by atoms with Gasteiger partial charge in [-0.15, -0.1) is 0 Å². The lowest BCUT2D eigenvalue weighted by atomic mass is 9.92. The van der Waals surface area contributed by atoms with Crippen LogP contribution in [0.2, 0.25) is 0 Å². The minimum Gasteiger partial charge on any atom is -0.434 e. The molecule has 2 atom stereocenters. The first-order valence-electron chi connectivity index (χ1n) is 4.50. The molecule has 0 saturated carbocycles. The molecule has 1 N–H and O–H groups in total. The van der Waals surface area contributed by atoms with E-state index in [4.69, 9.17) is 4.74 Å². The molecule has 1 saturated heterocycles. The van der Waals surface area contributed by atoms with E-state index in [1.807, 2.05) is 6.92 Å². The van der Waals surface area contributed by atoms with Crippen LogP contribution < -0.4 is 0 Å². The molecular formula is C10H16O3. The Morgan fingerprint density at radius 1 is 1.77 bits per heavy atom. The quantitative estimate of drug-likeness (QED) is 0.497. The minimum absolute atomic E-state index is 0.154. The summed E-state index contributed by atoms with van der Waals surface area (Å²) in [6.07, 6.45) is 1.58. The van der Waals surface area contributed by atoms with E-state index < -0.39 is 5.79 Å². The van der Waals surface area contributed by atoms with E-state index in [1.54, 1.807) is 0 Å². The molecule has 0 amide bonds. The number of rotatable bonds is 1. The molecule has 0 aromatic heterocycles. The topological polar surface area (TPSA) is 46.5 Å². The van der Waals surface area contributed by atoms with Gasteiger partial charge in [0.1, 0.15) is 0 Å². The summed E-state index contributed by atoms with van der Waals surface area (Å²) in [6.45, 7) is 7.23. The Bertz CT molecular complexity index is 230. The van der Waals surface area contributed by atoms with Crippen LogP contribution in [0.15, 0.2) is 12.2 Å². The van der Waals surface area contributed by atoms with Crippen LogP contribution in [0.1, 0.15) is 33.1 Å². The average molecular weight is 184 g/mol. The molecule has 1 heterocycles. The summed E-state index contributed by atoms with van der Waals surface area (Å²) in [5.74, 6) is -1.47. The van der Waals surface area contributed by atoms with Crippen molar-refractivity contribution in [3.05, 3.63) is 12.2 Å². The Morgan fingerprint density at radius 3 is 2.92 bits per heavy atom. The summed E-state index contributed by atoms with van der Waals surface area (Å²) in [7, 11) is 0. The number of carbonyl (C=O) groups is 1. The normalized spacial score (nSPS) is 35.0. The van der Waals surface area contributed by atoms with Crippen molar-refractivity contribution in [2.24, 2.45) is 5.92 Å². The molecule has 2 unspecified atom stereocenters. The van der Waals surface area contributed by atoms with Gasteiger partial charge in [-0.2, -0.15) is 0 Å². The monoisotopic (exact) mass is 184 g/mol. The van der Waals surface area contributed by atoms with Crippen LogP contribution in [0.25, 0.3) is 0 Å². The first-order valence-corrected chi connectivity index (χ1v) is 4.50. The van der Waals surface area contributed by atoms with Crippen molar-refractivity contribution < 1.29 is 14.6 Å². The van der Waals surface area contributed by atoms with Gasteiger partial charge in [-0.05, 0) is 19.3 Å². The lowest BCUT2D eigenvalue weighted by Crippen LogP contribution is -2.28. The van der Waals surface area contributed by atoms with Gasteiger partial charge in [0, 0.05) is 13.3 Å². The van der Waals surface area contributed by atoms with Crippen LogP contribution in [0, 0.1) is 5.92 Å². The van der Waals surface area contributed by atoms with Gasteiger partial charge in [-0.3, -0.25) is 4.79 Å². The predicted molar refractivity (Wildman–Crippen MR) is 48.9 cm³/mol. The Balaban J connectivity index is 2.69. The summed E-state index contributed by atoms with van der Waals surface area (Å²) >= 11 is 0. The molecule has 3 nitrogen and oxygen atoms in total. The fourth-order valence-corrected chi connectivity index (χ4v) is 1.50. The number of aliphatic hydroxyl groups is 1. The second kappa shape index (κ2) is 3.50. The van der Waals surface area contributed by atoms with Crippen molar-refractivity contribution in [1.29, 1.82) is 0 Å². The van der Waals surface area contributed by atoms with Crippen LogP contribution in [-0.2, 0) is 9.53 Å². The van der Waals surface area contributed by atoms with Crippen molar-refractivity contribution in [3.8, 4) is 0 Å². The van der Waals surface area contributed by atoms with E-state index in [2.05, 4.69) is 6.58 Å². The second-order valence-electron chi connectivity index (χ2n) is 3.94. The summed E-state index contributed by atoms with van der Waals surface area (Å²) in [5, 5.41) is 9.55. The zero-order chi connectivity index (χ0) is 10.1. The number of esters is 1. The fraction of sp³-hybridized carbons (Fsp3) is 0.700. The molecule has 0 aliphatic carbocycles. The summed E-state index contributed by atoms with van der Waals surface area (Å²) < 4.78 is 4.85. The molecule has 0 bridgehead atoms. The van der Waals surface area contributed by atoms with Gasteiger partial charge >= 0.3 is 5.97 Å². The molecule has 1 rings (SSSR count). The zero-order valence-corrected chi connectivity index (χ0v) is 8.17. The van der Waals surface area contributed by atoms with Crippen LogP contribution in [0.4, 0.5) is 0 Å². The summed E-state index contributed by atoms with van der Waals surface area (Å²) in [6, 6.07) is 0. The molecule has 0 aromatic carbocycles. The van der Waals surface area contributed by atoms with Crippen LogP contribution in [0.5, 0.6) is 0 Å². The molecule has 0 aromatic rings. The first-order chi connectivity index (χ1) is 5.91. The molecular weight excluding hydrogens is 168 g/mol. The van der Waals surface area contributed by atoms with Crippen molar-refractivity contribution >= 4 is 5.97 Å². The molecule has 0 radical (unpaired) electrons. The average Bonchev–Trinajstić information content (AvgIpc) is 2.07. The molecule has 0 spiro atoms. The molecule has 3 heteroatoms. The third-order valence-corrected chi connectivity index (χ3v) is 2.40. The Labute approximate surface area is 78.4 Å². The number of ether oxygens (including phenoxy) is 1. The number of cyclic esters (lactones) is 1. The Hall–Kier alpha value is -0.830. The lowest BCUT2D eigenvalue weighted by molar-refractivity contribution is -0.200. The molecule has 13 heavy (non-hydrogen) atoms. The van der Waals surface area contributed by atoms with Gasteiger partial charge in [-0.1, -0.05) is 12.2 Å². The molecule has 1 fully saturated rings. The van der Waals surface area contributed by atoms with E-state index in [-0.39, 0.29) is 11.9 Å². The largest absolute Gasteiger partial charge is 0.434 e. The van der Waals surface area contributed by atoms with Crippen molar-refractivity contribution in [2.75, 3.05) is 0 Å². The third kappa shape index (κ3) is 2.84. The van der Waals surface area contributed by atoms with Gasteiger partial charge in [0.15, 0.2) is 0 Å². The lowest BCUT2D eigenvalue weighted by Gasteiger charge is -2.20. The highest BCUT2D eigenvalue weighted by Gasteiger charge is 2.32.